The van der Waals surface area contributed by atoms with Crippen molar-refractivity contribution in [3.63, 3.8) is 0 Å². The quantitative estimate of drug-likeness (QED) is 0.468. The molecule has 0 amide bonds. The molecule has 5 aromatic rings. The summed E-state index contributed by atoms with van der Waals surface area (Å²) >= 11 is 1.53. The predicted octanol–water partition coefficient (Wildman–Crippen LogP) is 2.93. The zero-order chi connectivity index (χ0) is 20.8. The summed E-state index contributed by atoms with van der Waals surface area (Å²) in [6.07, 6.45) is 0. The third-order valence-electron chi connectivity index (χ3n) is 5.08. The van der Waals surface area contributed by atoms with Crippen LogP contribution < -0.4 is 11.3 Å². The van der Waals surface area contributed by atoms with E-state index in [0.717, 1.165) is 26.2 Å². The van der Waals surface area contributed by atoms with Crippen LogP contribution in [-0.2, 0) is 13.6 Å². The maximum atomic E-state index is 12.1. The molecule has 3 aromatic heterocycles. The molecular weight excluding hydrogens is 398 g/mol. The fraction of sp³-hybridized carbons (Fsp3) is 0.0952. The van der Waals surface area contributed by atoms with E-state index in [1.165, 1.54) is 11.3 Å². The summed E-state index contributed by atoms with van der Waals surface area (Å²) in [5.41, 5.74) is 8.88. The zero-order valence-corrected chi connectivity index (χ0v) is 16.7. The first-order chi connectivity index (χ1) is 14.6. The number of benzene rings is 2. The number of fused-ring (bicyclic) bond motifs is 2. The van der Waals surface area contributed by atoms with Crippen molar-refractivity contribution in [3.05, 3.63) is 64.1 Å². The summed E-state index contributed by atoms with van der Waals surface area (Å²) in [6.45, 7) is 0.193. The molecule has 146 valence electrons. The van der Waals surface area contributed by atoms with Gasteiger partial charge in [-0.05, 0) is 18.2 Å². The van der Waals surface area contributed by atoms with Crippen LogP contribution in [0, 0.1) is 11.3 Å². The summed E-state index contributed by atoms with van der Waals surface area (Å²) in [5, 5.41) is 27.0. The van der Waals surface area contributed by atoms with E-state index in [1.54, 1.807) is 17.8 Å². The maximum Gasteiger partial charge on any atom is 0.272 e. The Morgan fingerprint density at radius 3 is 2.83 bits per heavy atom. The highest BCUT2D eigenvalue weighted by molar-refractivity contribution is 7.22. The lowest BCUT2D eigenvalue weighted by Gasteiger charge is -2.07. The topological polar surface area (TPSA) is 126 Å². The lowest BCUT2D eigenvalue weighted by molar-refractivity contribution is 0.721. The van der Waals surface area contributed by atoms with E-state index < -0.39 is 0 Å². The Morgan fingerprint density at radius 2 is 2.03 bits per heavy atom. The summed E-state index contributed by atoms with van der Waals surface area (Å²) in [5.74, 6) is 0. The van der Waals surface area contributed by atoms with Gasteiger partial charge in [0.15, 0.2) is 0 Å². The molecule has 3 heterocycles. The van der Waals surface area contributed by atoms with Crippen molar-refractivity contribution in [2.75, 3.05) is 0 Å². The molecule has 8 nitrogen and oxygen atoms in total. The second kappa shape index (κ2) is 6.88. The lowest BCUT2D eigenvalue weighted by Crippen LogP contribution is -2.13. The Morgan fingerprint density at radius 1 is 1.20 bits per heavy atom. The second-order valence-corrected chi connectivity index (χ2v) is 7.84. The van der Waals surface area contributed by atoms with E-state index in [1.807, 2.05) is 36.4 Å². The van der Waals surface area contributed by atoms with E-state index in [0.29, 0.717) is 27.7 Å². The molecule has 2 aromatic carbocycles. The fourth-order valence-electron chi connectivity index (χ4n) is 3.65. The summed E-state index contributed by atoms with van der Waals surface area (Å²) in [6, 6.07) is 15.6. The van der Waals surface area contributed by atoms with Crippen molar-refractivity contribution in [3.8, 4) is 27.9 Å². The number of aromatic amines is 1. The van der Waals surface area contributed by atoms with E-state index in [9.17, 15) is 10.1 Å². The summed E-state index contributed by atoms with van der Waals surface area (Å²) in [7, 11) is 1.80. The Hall–Kier alpha value is -3.87. The number of nitrogens with one attached hydrogen (secondary N) is 1. The summed E-state index contributed by atoms with van der Waals surface area (Å²) < 4.78 is 2.70. The van der Waals surface area contributed by atoms with Gasteiger partial charge in [-0.15, -0.1) is 16.4 Å². The first-order valence-corrected chi connectivity index (χ1v) is 9.97. The molecule has 0 saturated heterocycles. The molecule has 9 heteroatoms. The monoisotopic (exact) mass is 413 g/mol. The first-order valence-electron chi connectivity index (χ1n) is 9.15. The number of nitrogens with zero attached hydrogens (tertiary/aromatic N) is 5. The molecule has 0 unspecified atom stereocenters. The number of aromatic nitrogens is 5. The first kappa shape index (κ1) is 18.2. The number of nitriles is 1. The molecule has 0 spiro atoms. The molecule has 0 aliphatic rings. The number of rotatable bonds is 3. The normalized spacial score (nSPS) is 11.2. The van der Waals surface area contributed by atoms with Crippen LogP contribution in [-0.4, -0.2) is 25.2 Å². The van der Waals surface area contributed by atoms with Crippen molar-refractivity contribution in [1.82, 2.24) is 25.2 Å². The number of hydrogen-bond acceptors (Lipinski definition) is 7. The molecule has 0 atom stereocenters. The zero-order valence-electron chi connectivity index (χ0n) is 15.9. The van der Waals surface area contributed by atoms with Gasteiger partial charge in [-0.1, -0.05) is 29.5 Å². The van der Waals surface area contributed by atoms with Gasteiger partial charge in [0.25, 0.3) is 5.56 Å². The maximum absolute atomic E-state index is 12.1. The van der Waals surface area contributed by atoms with Gasteiger partial charge in [0.2, 0.25) is 0 Å². The molecule has 0 fully saturated rings. The molecule has 5 rings (SSSR count). The van der Waals surface area contributed by atoms with Crippen molar-refractivity contribution in [1.29, 1.82) is 5.26 Å². The van der Waals surface area contributed by atoms with Crippen LogP contribution in [0.25, 0.3) is 42.7 Å². The third-order valence-corrected chi connectivity index (χ3v) is 6.26. The minimum absolute atomic E-state index is 0.193. The highest BCUT2D eigenvalue weighted by atomic mass is 32.1. The smallest absolute Gasteiger partial charge is 0.272 e. The van der Waals surface area contributed by atoms with E-state index >= 15 is 0 Å². The molecule has 0 saturated carbocycles. The van der Waals surface area contributed by atoms with Crippen molar-refractivity contribution in [2.24, 2.45) is 12.8 Å². The minimum atomic E-state index is -0.274. The predicted molar refractivity (Wildman–Crippen MR) is 116 cm³/mol. The van der Waals surface area contributed by atoms with Gasteiger partial charge in [-0.3, -0.25) is 4.79 Å². The minimum Gasteiger partial charge on any atom is -0.325 e. The molecule has 0 radical (unpaired) electrons. The highest BCUT2D eigenvalue weighted by Gasteiger charge is 2.22. The molecule has 0 aliphatic carbocycles. The highest BCUT2D eigenvalue weighted by Crippen LogP contribution is 2.41. The largest absolute Gasteiger partial charge is 0.325 e. The molecule has 3 N–H and O–H groups in total. The second-order valence-electron chi connectivity index (χ2n) is 6.79. The van der Waals surface area contributed by atoms with Crippen LogP contribution >= 0.6 is 11.3 Å². The van der Waals surface area contributed by atoms with Crippen LogP contribution in [0.1, 0.15) is 11.3 Å². The van der Waals surface area contributed by atoms with Crippen LogP contribution in [0.5, 0.6) is 0 Å². The van der Waals surface area contributed by atoms with Crippen LogP contribution in [0.4, 0.5) is 0 Å². The van der Waals surface area contributed by atoms with Gasteiger partial charge in [0, 0.05) is 34.6 Å². The van der Waals surface area contributed by atoms with E-state index in [4.69, 9.17) is 5.73 Å². The van der Waals surface area contributed by atoms with Crippen molar-refractivity contribution in [2.45, 2.75) is 6.54 Å². The van der Waals surface area contributed by atoms with Crippen LogP contribution in [0.2, 0.25) is 0 Å². The van der Waals surface area contributed by atoms with Gasteiger partial charge in [0.1, 0.15) is 17.5 Å². The average molecular weight is 413 g/mol. The number of thiophene rings is 1. The molecular formula is C21H15N7OS. The lowest BCUT2D eigenvalue weighted by atomic mass is 10.0. The Kier molecular flexibility index (Phi) is 4.17. The van der Waals surface area contributed by atoms with Crippen molar-refractivity contribution < 1.29 is 0 Å². The number of nitrogens with two attached hydrogens (primary N) is 1. The Balaban J connectivity index is 1.79. The molecule has 0 aliphatic heterocycles. The summed E-state index contributed by atoms with van der Waals surface area (Å²) in [4.78, 5) is 13.0. The van der Waals surface area contributed by atoms with Gasteiger partial charge in [-0.2, -0.15) is 10.4 Å². The van der Waals surface area contributed by atoms with Crippen molar-refractivity contribution >= 4 is 32.2 Å². The molecule has 0 bridgehead atoms. The van der Waals surface area contributed by atoms with Gasteiger partial charge in [0.05, 0.1) is 21.5 Å². The molecule has 30 heavy (non-hydrogen) atoms. The third kappa shape index (κ3) is 2.62. The van der Waals surface area contributed by atoms with E-state index in [-0.39, 0.29) is 12.1 Å². The standard InChI is InChI=1S/C21H15N7OS/c1-28-19(20-15(9-22)12-4-2-3-5-17(12)30-20)18(25-27-28)11-6-7-13-14(8-11)16(10-23)24-26-21(13)29/h2-8H,10,23H2,1H3,(H,26,29). The number of aryl methyl sites for hydroxylation is 1. The van der Waals surface area contributed by atoms with E-state index in [2.05, 4.69) is 26.6 Å². The van der Waals surface area contributed by atoms with Crippen LogP contribution in [0.3, 0.4) is 0 Å². The van der Waals surface area contributed by atoms with Gasteiger partial charge in [-0.25, -0.2) is 9.78 Å². The van der Waals surface area contributed by atoms with Gasteiger partial charge >= 0.3 is 0 Å². The fourth-order valence-corrected chi connectivity index (χ4v) is 4.88. The number of hydrogen-bond donors (Lipinski definition) is 2. The number of H-pyrrole nitrogens is 1. The van der Waals surface area contributed by atoms with Crippen LogP contribution in [0.15, 0.2) is 47.3 Å². The SMILES string of the molecule is Cn1nnc(-c2ccc3c(=O)[nH]nc(CN)c3c2)c1-c1sc2ccccc2c1C#N. The van der Waals surface area contributed by atoms with Gasteiger partial charge < -0.3 is 5.73 Å². The average Bonchev–Trinajstić information content (AvgIpc) is 3.33. The Labute approximate surface area is 174 Å². The Bertz CT molecular complexity index is 1540.